The van der Waals surface area contributed by atoms with Gasteiger partial charge in [-0.05, 0) is 51.3 Å². The summed E-state index contributed by atoms with van der Waals surface area (Å²) in [6.07, 6.45) is 14.1. The van der Waals surface area contributed by atoms with E-state index in [0.29, 0.717) is 6.04 Å². The fourth-order valence-electron chi connectivity index (χ4n) is 4.73. The molecule has 27 heavy (non-hydrogen) atoms. The van der Waals surface area contributed by atoms with Crippen molar-refractivity contribution >= 4 is 41.7 Å². The Kier molecular flexibility index (Phi) is 10.5. The standard InChI is InChI=1S/C20H38N4OS.HI/c1-21-19(22-16-20(26-2)10-13-25-14-11-20)23-17-7-6-12-24(15-17)18-8-4-3-5-9-18;/h17-18H,3-16H2,1-2H3,(H2,21,22,23);1H. The monoisotopic (exact) mass is 510 g/mol. The molecule has 2 heterocycles. The number of thioether (sulfide) groups is 1. The van der Waals surface area contributed by atoms with E-state index in [1.54, 1.807) is 0 Å². The minimum Gasteiger partial charge on any atom is -0.381 e. The predicted molar refractivity (Wildman–Crippen MR) is 128 cm³/mol. The molecule has 0 bridgehead atoms. The Morgan fingerprint density at radius 3 is 2.56 bits per heavy atom. The zero-order valence-corrected chi connectivity index (χ0v) is 20.3. The van der Waals surface area contributed by atoms with Crippen LogP contribution in [0.4, 0.5) is 0 Å². The smallest absolute Gasteiger partial charge is 0.191 e. The summed E-state index contributed by atoms with van der Waals surface area (Å²) < 4.78 is 5.85. The highest BCUT2D eigenvalue weighted by Crippen LogP contribution is 2.33. The fraction of sp³-hybridized carbons (Fsp3) is 0.950. The molecule has 3 rings (SSSR count). The van der Waals surface area contributed by atoms with Gasteiger partial charge < -0.3 is 15.4 Å². The summed E-state index contributed by atoms with van der Waals surface area (Å²) in [4.78, 5) is 7.25. The SMILES string of the molecule is CN=C(NCC1(SC)CCOCC1)NC1CCCN(C2CCCCC2)C1.I. The minimum absolute atomic E-state index is 0. The van der Waals surface area contributed by atoms with E-state index in [1.807, 2.05) is 18.8 Å². The quantitative estimate of drug-likeness (QED) is 0.337. The van der Waals surface area contributed by atoms with E-state index < -0.39 is 0 Å². The van der Waals surface area contributed by atoms with Gasteiger partial charge in [0.25, 0.3) is 0 Å². The summed E-state index contributed by atoms with van der Waals surface area (Å²) >= 11 is 1.98. The van der Waals surface area contributed by atoms with Crippen molar-refractivity contribution in [1.29, 1.82) is 0 Å². The Morgan fingerprint density at radius 2 is 1.89 bits per heavy atom. The fourth-order valence-corrected chi connectivity index (χ4v) is 5.52. The summed E-state index contributed by atoms with van der Waals surface area (Å²) in [6.45, 7) is 5.19. The largest absolute Gasteiger partial charge is 0.381 e. The van der Waals surface area contributed by atoms with Crippen LogP contribution >= 0.6 is 35.7 Å². The number of halogens is 1. The number of likely N-dealkylation sites (tertiary alicyclic amines) is 1. The number of piperidine rings is 1. The maximum absolute atomic E-state index is 5.56. The molecule has 2 aliphatic heterocycles. The van der Waals surface area contributed by atoms with Crippen LogP contribution < -0.4 is 10.6 Å². The van der Waals surface area contributed by atoms with Gasteiger partial charge in [0.1, 0.15) is 0 Å². The van der Waals surface area contributed by atoms with Gasteiger partial charge >= 0.3 is 0 Å². The van der Waals surface area contributed by atoms with Gasteiger partial charge in [0.05, 0.1) is 0 Å². The van der Waals surface area contributed by atoms with Crippen molar-refractivity contribution < 1.29 is 4.74 Å². The molecule has 3 aliphatic rings. The van der Waals surface area contributed by atoms with Crippen LogP contribution in [-0.2, 0) is 4.74 Å². The van der Waals surface area contributed by atoms with Gasteiger partial charge in [0.15, 0.2) is 5.96 Å². The minimum atomic E-state index is 0. The van der Waals surface area contributed by atoms with Crippen molar-refractivity contribution in [2.45, 2.75) is 74.6 Å². The Morgan fingerprint density at radius 1 is 1.15 bits per heavy atom. The van der Waals surface area contributed by atoms with Crippen LogP contribution in [-0.4, -0.2) is 73.8 Å². The third kappa shape index (κ3) is 6.93. The zero-order chi connectivity index (χ0) is 18.2. The highest BCUT2D eigenvalue weighted by molar-refractivity contribution is 14.0. The first-order chi connectivity index (χ1) is 12.7. The Bertz CT molecular complexity index is 453. The molecule has 0 amide bonds. The second-order valence-electron chi connectivity index (χ2n) is 8.20. The Balaban J connectivity index is 0.00000261. The van der Waals surface area contributed by atoms with Crippen LogP contribution in [0.15, 0.2) is 4.99 Å². The number of aliphatic imine (C=N–C) groups is 1. The van der Waals surface area contributed by atoms with E-state index in [9.17, 15) is 0 Å². The molecular formula is C20H39IN4OS. The second-order valence-corrected chi connectivity index (χ2v) is 9.47. The van der Waals surface area contributed by atoms with Crippen LogP contribution in [0.1, 0.15) is 57.8 Å². The number of nitrogens with zero attached hydrogens (tertiary/aromatic N) is 2. The van der Waals surface area contributed by atoms with Crippen LogP contribution in [0.3, 0.4) is 0 Å². The molecule has 0 radical (unpaired) electrons. The summed E-state index contributed by atoms with van der Waals surface area (Å²) in [5.74, 6) is 0.973. The van der Waals surface area contributed by atoms with Crippen LogP contribution in [0.2, 0.25) is 0 Å². The lowest BCUT2D eigenvalue weighted by Gasteiger charge is -2.41. The number of ether oxygens (including phenoxy) is 1. The molecule has 1 aliphatic carbocycles. The maximum Gasteiger partial charge on any atom is 0.191 e. The molecule has 3 fully saturated rings. The lowest BCUT2D eigenvalue weighted by Crippen LogP contribution is -2.55. The van der Waals surface area contributed by atoms with Crippen LogP contribution in [0.25, 0.3) is 0 Å². The van der Waals surface area contributed by atoms with Gasteiger partial charge in [0, 0.05) is 50.2 Å². The first-order valence-electron chi connectivity index (χ1n) is 10.6. The van der Waals surface area contributed by atoms with Crippen molar-refractivity contribution in [2.75, 3.05) is 46.2 Å². The van der Waals surface area contributed by atoms with Crippen LogP contribution in [0.5, 0.6) is 0 Å². The average molecular weight is 511 g/mol. The van der Waals surface area contributed by atoms with E-state index in [4.69, 9.17) is 4.74 Å². The molecule has 1 atom stereocenters. The highest BCUT2D eigenvalue weighted by Gasteiger charge is 2.32. The highest BCUT2D eigenvalue weighted by atomic mass is 127. The first-order valence-corrected chi connectivity index (χ1v) is 11.8. The van der Waals surface area contributed by atoms with Crippen molar-refractivity contribution in [3.63, 3.8) is 0 Å². The van der Waals surface area contributed by atoms with E-state index in [0.717, 1.165) is 44.6 Å². The normalized spacial score (nSPS) is 27.6. The number of rotatable bonds is 5. The predicted octanol–water partition coefficient (Wildman–Crippen LogP) is 3.48. The summed E-state index contributed by atoms with van der Waals surface area (Å²) in [5.41, 5.74) is 0. The van der Waals surface area contributed by atoms with Gasteiger partial charge in [-0.2, -0.15) is 11.8 Å². The molecule has 2 saturated heterocycles. The maximum atomic E-state index is 5.56. The number of nitrogens with one attached hydrogen (secondary N) is 2. The third-order valence-corrected chi connectivity index (χ3v) is 7.94. The number of hydrogen-bond donors (Lipinski definition) is 2. The summed E-state index contributed by atoms with van der Waals surface area (Å²) in [5, 5.41) is 7.33. The van der Waals surface area contributed by atoms with E-state index in [2.05, 4.69) is 26.8 Å². The van der Waals surface area contributed by atoms with Gasteiger partial charge in [0.2, 0.25) is 0 Å². The Hall–Kier alpha value is 0.270. The number of hydrogen-bond acceptors (Lipinski definition) is 4. The molecule has 2 N–H and O–H groups in total. The third-order valence-electron chi connectivity index (χ3n) is 6.52. The molecule has 0 aromatic heterocycles. The molecule has 1 saturated carbocycles. The molecule has 158 valence electrons. The van der Waals surface area contributed by atoms with Crippen molar-refractivity contribution in [3.05, 3.63) is 0 Å². The second kappa shape index (κ2) is 12.1. The molecule has 1 unspecified atom stereocenters. The number of guanidine groups is 1. The molecule has 0 aromatic rings. The van der Waals surface area contributed by atoms with Crippen LogP contribution in [0, 0.1) is 0 Å². The molecule has 0 aromatic carbocycles. The van der Waals surface area contributed by atoms with Crippen molar-refractivity contribution in [3.8, 4) is 0 Å². The van der Waals surface area contributed by atoms with Gasteiger partial charge in [-0.3, -0.25) is 9.89 Å². The Labute approximate surface area is 187 Å². The topological polar surface area (TPSA) is 48.9 Å². The van der Waals surface area contributed by atoms with E-state index >= 15 is 0 Å². The van der Waals surface area contributed by atoms with E-state index in [1.165, 1.54) is 58.0 Å². The summed E-state index contributed by atoms with van der Waals surface area (Å²) in [6, 6.07) is 1.35. The van der Waals surface area contributed by atoms with E-state index in [-0.39, 0.29) is 28.7 Å². The summed E-state index contributed by atoms with van der Waals surface area (Å²) in [7, 11) is 1.90. The van der Waals surface area contributed by atoms with Crippen molar-refractivity contribution in [1.82, 2.24) is 15.5 Å². The van der Waals surface area contributed by atoms with Gasteiger partial charge in [-0.1, -0.05) is 19.3 Å². The lowest BCUT2D eigenvalue weighted by atomic mass is 9.92. The molecule has 0 spiro atoms. The lowest BCUT2D eigenvalue weighted by molar-refractivity contribution is 0.0782. The molecule has 7 heteroatoms. The van der Waals surface area contributed by atoms with Gasteiger partial charge in [-0.25, -0.2) is 0 Å². The van der Waals surface area contributed by atoms with Gasteiger partial charge in [-0.15, -0.1) is 24.0 Å². The van der Waals surface area contributed by atoms with Crippen molar-refractivity contribution in [2.24, 2.45) is 4.99 Å². The zero-order valence-electron chi connectivity index (χ0n) is 17.2. The first kappa shape index (κ1) is 23.5. The molecule has 5 nitrogen and oxygen atoms in total. The average Bonchev–Trinajstić information content (AvgIpc) is 2.72. The molecular weight excluding hydrogens is 471 g/mol.